The molecule has 1 saturated heterocycles. The number of rotatable bonds is 5. The van der Waals surface area contributed by atoms with Crippen LogP contribution in [-0.2, 0) is 0 Å². The summed E-state index contributed by atoms with van der Waals surface area (Å²) in [4.78, 5) is 2.06. The largest absolute Gasteiger partial charge is 0.504 e. The zero-order valence-corrected chi connectivity index (χ0v) is 11.2. The number of nitrogens with one attached hydrogen (secondary N) is 1. The summed E-state index contributed by atoms with van der Waals surface area (Å²) in [5.41, 5.74) is 0.607. The van der Waals surface area contributed by atoms with Crippen LogP contribution in [0.15, 0.2) is 18.2 Å². The van der Waals surface area contributed by atoms with Crippen LogP contribution in [0.3, 0.4) is 0 Å². The maximum absolute atomic E-state index is 13.4. The molecule has 0 unspecified atom stereocenters. The molecule has 1 atom stereocenters. The van der Waals surface area contributed by atoms with Gasteiger partial charge in [-0.25, -0.2) is 4.39 Å². The molecule has 4 nitrogen and oxygen atoms in total. The lowest BCUT2D eigenvalue weighted by Crippen LogP contribution is -2.45. The summed E-state index contributed by atoms with van der Waals surface area (Å²) in [5, 5.41) is 13.5. The van der Waals surface area contributed by atoms with Crippen LogP contribution in [0.4, 0.5) is 4.39 Å². The number of piperazine rings is 1. The van der Waals surface area contributed by atoms with Crippen molar-refractivity contribution in [2.24, 2.45) is 0 Å². The predicted octanol–water partition coefficient (Wildman–Crippen LogP) is 1.71. The fourth-order valence-corrected chi connectivity index (χ4v) is 2.45. The van der Waals surface area contributed by atoms with Crippen LogP contribution < -0.4 is 10.1 Å². The van der Waals surface area contributed by atoms with Crippen molar-refractivity contribution >= 4 is 0 Å². The Balaban J connectivity index is 2.24. The van der Waals surface area contributed by atoms with Crippen molar-refractivity contribution < 1.29 is 14.2 Å². The number of benzene rings is 1. The van der Waals surface area contributed by atoms with Gasteiger partial charge in [0, 0.05) is 31.7 Å². The van der Waals surface area contributed by atoms with Crippen molar-refractivity contribution in [2.45, 2.75) is 13.0 Å². The van der Waals surface area contributed by atoms with Gasteiger partial charge in [-0.3, -0.25) is 4.90 Å². The molecule has 1 aliphatic rings. The molecule has 0 aromatic heterocycles. The molecule has 0 bridgehead atoms. The van der Waals surface area contributed by atoms with E-state index in [0.717, 1.165) is 26.2 Å². The van der Waals surface area contributed by atoms with Gasteiger partial charge in [0.15, 0.2) is 11.5 Å². The first kappa shape index (κ1) is 14.1. The van der Waals surface area contributed by atoms with Crippen molar-refractivity contribution in [3.05, 3.63) is 23.8 Å². The summed E-state index contributed by atoms with van der Waals surface area (Å²) < 4.78 is 18.8. The zero-order valence-electron chi connectivity index (χ0n) is 11.2. The number of halogens is 1. The van der Waals surface area contributed by atoms with Gasteiger partial charge >= 0.3 is 0 Å². The van der Waals surface area contributed by atoms with Gasteiger partial charge in [0.05, 0.1) is 12.6 Å². The fourth-order valence-electron chi connectivity index (χ4n) is 2.45. The number of hydrogen-bond donors (Lipinski definition) is 2. The van der Waals surface area contributed by atoms with Gasteiger partial charge in [-0.05, 0) is 13.0 Å². The van der Waals surface area contributed by atoms with Gasteiger partial charge in [0.2, 0.25) is 0 Å². The van der Waals surface area contributed by atoms with Gasteiger partial charge in [0.1, 0.15) is 6.67 Å². The quantitative estimate of drug-likeness (QED) is 0.853. The molecule has 0 saturated carbocycles. The number of phenols is 1. The van der Waals surface area contributed by atoms with Crippen molar-refractivity contribution in [2.75, 3.05) is 39.5 Å². The van der Waals surface area contributed by atoms with Crippen molar-refractivity contribution in [3.63, 3.8) is 0 Å². The van der Waals surface area contributed by atoms with Crippen LogP contribution in [0.5, 0.6) is 11.5 Å². The third-order valence-corrected chi connectivity index (χ3v) is 3.43. The van der Waals surface area contributed by atoms with Gasteiger partial charge in [-0.1, -0.05) is 12.1 Å². The van der Waals surface area contributed by atoms with E-state index in [1.165, 1.54) is 0 Å². The molecular formula is C14H21FN2O2. The van der Waals surface area contributed by atoms with E-state index in [4.69, 9.17) is 4.74 Å². The highest BCUT2D eigenvalue weighted by atomic mass is 19.1. The molecule has 1 heterocycles. The molecule has 19 heavy (non-hydrogen) atoms. The number of ether oxygens (including phenoxy) is 1. The fraction of sp³-hybridized carbons (Fsp3) is 0.571. The zero-order chi connectivity index (χ0) is 13.7. The Hall–Kier alpha value is -1.33. The van der Waals surface area contributed by atoms with Gasteiger partial charge in [-0.2, -0.15) is 0 Å². The summed E-state index contributed by atoms with van der Waals surface area (Å²) in [6.07, 6.45) is 0. The first-order valence-corrected chi connectivity index (χ1v) is 6.73. The van der Waals surface area contributed by atoms with Crippen LogP contribution in [0, 0.1) is 0 Å². The number of nitrogens with zero attached hydrogens (tertiary/aromatic N) is 1. The number of phenolic OH excluding ortho intramolecular Hbond substituents is 1. The number of aromatic hydroxyl groups is 1. The van der Waals surface area contributed by atoms with E-state index in [1.54, 1.807) is 18.2 Å². The number of alkyl halides is 1. The lowest BCUT2D eigenvalue weighted by atomic mass is 10.0. The van der Waals surface area contributed by atoms with Crippen LogP contribution in [0.1, 0.15) is 18.5 Å². The Kier molecular flexibility index (Phi) is 4.99. The Bertz CT molecular complexity index is 408. The van der Waals surface area contributed by atoms with Gasteiger partial charge in [-0.15, -0.1) is 0 Å². The maximum atomic E-state index is 13.4. The molecule has 0 radical (unpaired) electrons. The third kappa shape index (κ3) is 3.16. The highest BCUT2D eigenvalue weighted by Crippen LogP contribution is 2.36. The Morgan fingerprint density at radius 1 is 1.42 bits per heavy atom. The van der Waals surface area contributed by atoms with E-state index < -0.39 is 12.7 Å². The van der Waals surface area contributed by atoms with E-state index in [2.05, 4.69) is 10.2 Å². The van der Waals surface area contributed by atoms with E-state index in [0.29, 0.717) is 17.9 Å². The predicted molar refractivity (Wildman–Crippen MR) is 72.4 cm³/mol. The molecule has 5 heteroatoms. The van der Waals surface area contributed by atoms with Crippen LogP contribution in [0.25, 0.3) is 0 Å². The first-order chi connectivity index (χ1) is 9.27. The number of para-hydroxylation sites is 1. The second-order valence-electron chi connectivity index (χ2n) is 4.58. The van der Waals surface area contributed by atoms with E-state index in [1.807, 2.05) is 6.92 Å². The second kappa shape index (κ2) is 6.73. The molecule has 2 N–H and O–H groups in total. The summed E-state index contributed by atoms with van der Waals surface area (Å²) >= 11 is 0. The lowest BCUT2D eigenvalue weighted by Gasteiger charge is -2.34. The van der Waals surface area contributed by atoms with E-state index in [9.17, 15) is 9.50 Å². The summed E-state index contributed by atoms with van der Waals surface area (Å²) in [5.74, 6) is 0.485. The third-order valence-electron chi connectivity index (χ3n) is 3.43. The van der Waals surface area contributed by atoms with Crippen LogP contribution in [0.2, 0.25) is 0 Å². The first-order valence-electron chi connectivity index (χ1n) is 6.73. The second-order valence-corrected chi connectivity index (χ2v) is 4.58. The molecule has 0 amide bonds. The van der Waals surface area contributed by atoms with Gasteiger partial charge in [0.25, 0.3) is 0 Å². The molecular weight excluding hydrogens is 247 g/mol. The maximum Gasteiger partial charge on any atom is 0.162 e. The Morgan fingerprint density at radius 2 is 2.16 bits per heavy atom. The van der Waals surface area contributed by atoms with E-state index in [-0.39, 0.29) is 5.75 Å². The molecule has 1 fully saturated rings. The number of hydrogen-bond acceptors (Lipinski definition) is 4. The minimum Gasteiger partial charge on any atom is -0.504 e. The molecule has 106 valence electrons. The van der Waals surface area contributed by atoms with Crippen molar-refractivity contribution in [1.82, 2.24) is 10.2 Å². The summed E-state index contributed by atoms with van der Waals surface area (Å²) in [7, 11) is 0. The minimum absolute atomic E-state index is 0.0607. The topological polar surface area (TPSA) is 44.7 Å². The highest BCUT2D eigenvalue weighted by molar-refractivity contribution is 5.47. The molecule has 2 rings (SSSR count). The van der Waals surface area contributed by atoms with Crippen LogP contribution in [-0.4, -0.2) is 49.5 Å². The average molecular weight is 268 g/mol. The van der Waals surface area contributed by atoms with Crippen molar-refractivity contribution in [3.8, 4) is 11.5 Å². The van der Waals surface area contributed by atoms with Crippen molar-refractivity contribution in [1.29, 1.82) is 0 Å². The highest BCUT2D eigenvalue weighted by Gasteiger charge is 2.25. The summed E-state index contributed by atoms with van der Waals surface area (Å²) in [6, 6.07) is 4.87. The normalized spacial score (nSPS) is 18.2. The molecule has 1 aromatic rings. The SMILES string of the molecule is CCOc1cccc([C@@H](CF)N2CCNCC2)c1O. The molecule has 0 aliphatic carbocycles. The monoisotopic (exact) mass is 268 g/mol. The lowest BCUT2D eigenvalue weighted by molar-refractivity contribution is 0.144. The van der Waals surface area contributed by atoms with Gasteiger partial charge < -0.3 is 15.2 Å². The Labute approximate surface area is 113 Å². The Morgan fingerprint density at radius 3 is 2.79 bits per heavy atom. The van der Waals surface area contributed by atoms with Crippen LogP contribution >= 0.6 is 0 Å². The molecule has 1 aliphatic heterocycles. The minimum atomic E-state index is -0.511. The van der Waals surface area contributed by atoms with E-state index >= 15 is 0 Å². The molecule has 1 aromatic carbocycles. The average Bonchev–Trinajstić information content (AvgIpc) is 2.45. The smallest absolute Gasteiger partial charge is 0.162 e. The molecule has 0 spiro atoms. The summed E-state index contributed by atoms with van der Waals surface area (Å²) in [6.45, 7) is 5.09. The standard InChI is InChI=1S/C14H21FN2O2/c1-2-19-13-5-3-4-11(14(13)18)12(10-15)17-8-6-16-7-9-17/h3-5,12,16,18H,2,6-10H2,1H3/t12-/m1/s1.